The third kappa shape index (κ3) is 20.0. The van der Waals surface area contributed by atoms with E-state index < -0.39 is 66.1 Å². The van der Waals surface area contributed by atoms with Crippen molar-refractivity contribution in [2.24, 2.45) is 19.1 Å². The number of hydrogen-bond donors (Lipinski definition) is 5. The number of nitrogens with one attached hydrogen (secondary N) is 4. The lowest BCUT2D eigenvalue weighted by Crippen LogP contribution is -2.48. The molecule has 4 fully saturated rings. The van der Waals surface area contributed by atoms with Gasteiger partial charge in [-0.25, -0.2) is 64.0 Å². The molecule has 44 heteroatoms. The average molecular weight is 1920 g/mol. The lowest BCUT2D eigenvalue weighted by Gasteiger charge is -2.35. The molecule has 12 aromatic heterocycles. The number of hydrogen-bond acceptors (Lipinski definition) is 25. The molecule has 21 heterocycles. The Bertz CT molecular complexity index is 6920. The first-order valence-electron chi connectivity index (χ1n) is 45.0. The zero-order chi connectivity index (χ0) is 97.8. The summed E-state index contributed by atoms with van der Waals surface area (Å²) in [6.07, 6.45) is 2.69. The molecule has 720 valence electrons. The van der Waals surface area contributed by atoms with Crippen molar-refractivity contribution >= 4 is 99.3 Å². The number of aryl methyl sites for hydroxylation is 4. The molecule has 0 radical (unpaired) electrons. The van der Waals surface area contributed by atoms with Gasteiger partial charge in [0.05, 0.1) is 87.5 Å². The van der Waals surface area contributed by atoms with Gasteiger partial charge in [-0.05, 0) is 192 Å². The van der Waals surface area contributed by atoms with Crippen LogP contribution in [0.5, 0.6) is 6.01 Å². The van der Waals surface area contributed by atoms with Gasteiger partial charge in [-0.15, -0.1) is 0 Å². The zero-order valence-corrected chi connectivity index (χ0v) is 76.1. The average Bonchev–Trinajstić information content (AvgIpc) is 1.57. The Labute approximate surface area is 794 Å². The van der Waals surface area contributed by atoms with E-state index in [1.807, 2.05) is 87.8 Å². The number of amides is 8. The number of aliphatic hydroxyl groups is 1. The lowest BCUT2D eigenvalue weighted by atomic mass is 10.1. The number of aliphatic imine (C=N–C) groups is 1. The van der Waals surface area contributed by atoms with E-state index in [1.54, 1.807) is 111 Å². The van der Waals surface area contributed by atoms with Crippen LogP contribution in [0.3, 0.4) is 0 Å². The highest BCUT2D eigenvalue weighted by atomic mass is 19.4. The first-order chi connectivity index (χ1) is 67.1. The minimum absolute atomic E-state index is 0.0584. The SMILES string of the molecule is CC(C)(O)CCOc1nccc(NC(=O)N2c3nc(-c4cccc(C(F)(F)F)c4)ccc3N3CC[C@H]2C3)n1.Cc1cc(-c2ccc3c(n2)N(C(=O)Nc2cc(-c4ccn(C)n4)ccn2)[C@H]2CCN3C2)ccn1.Cc1cc(-c2ccc3c(n2)N(C(=O)Nc2cc(-c4cn(C)nc4C(F)(F)F)ccn2)[C@H]2CCN3C2)ccn1.O=C(Nc1ccccn1)N1c2nc(C3=N[C@@H](C(F)(F)F)CO3)ccc2N2CC[C@H]1C2. The molecule has 9 aliphatic heterocycles. The van der Waals surface area contributed by atoms with Gasteiger partial charge in [0.2, 0.25) is 5.90 Å². The van der Waals surface area contributed by atoms with Gasteiger partial charge in [-0.1, -0.05) is 18.2 Å². The highest BCUT2D eigenvalue weighted by molar-refractivity contribution is 6.08. The van der Waals surface area contributed by atoms with Crippen molar-refractivity contribution in [2.75, 3.05) is 126 Å². The van der Waals surface area contributed by atoms with E-state index in [-0.39, 0.29) is 77.2 Å². The minimum Gasteiger partial charge on any atom is -0.474 e. The maximum absolute atomic E-state index is 13.6. The minimum atomic E-state index is -4.62. The maximum atomic E-state index is 13.6. The van der Waals surface area contributed by atoms with Crippen LogP contribution in [-0.2, 0) is 31.2 Å². The molecule has 0 spiro atoms. The fourth-order valence-corrected chi connectivity index (χ4v) is 18.2. The topological polar surface area (TPSA) is 371 Å². The van der Waals surface area contributed by atoms with Gasteiger partial charge in [0, 0.05) is 162 Å². The first kappa shape index (κ1) is 93.0. The summed E-state index contributed by atoms with van der Waals surface area (Å²) in [7, 11) is 3.30. The van der Waals surface area contributed by atoms with Gasteiger partial charge >= 0.3 is 48.7 Å². The van der Waals surface area contributed by atoms with E-state index in [2.05, 4.69) is 107 Å². The largest absolute Gasteiger partial charge is 0.474 e. The fourth-order valence-electron chi connectivity index (χ4n) is 18.2. The molecule has 0 saturated carbocycles. The monoisotopic (exact) mass is 1920 g/mol. The summed E-state index contributed by atoms with van der Waals surface area (Å²) in [4.78, 5) is 121. The van der Waals surface area contributed by atoms with Crippen LogP contribution in [-0.4, -0.2) is 217 Å². The maximum Gasteiger partial charge on any atom is 0.435 e. The molecule has 35 nitrogen and oxygen atoms in total. The fraction of sp³-hybridized carbons (Fsp3) is 0.312. The summed E-state index contributed by atoms with van der Waals surface area (Å²) in [5.74, 6) is 3.03. The molecular weight excluding hydrogens is 1830 g/mol. The highest BCUT2D eigenvalue weighted by Gasteiger charge is 2.48. The number of anilines is 12. The van der Waals surface area contributed by atoms with Crippen molar-refractivity contribution in [3.05, 3.63) is 230 Å². The number of carbonyl (C=O) groups excluding carboxylic acids is 4. The van der Waals surface area contributed by atoms with E-state index >= 15 is 0 Å². The second-order valence-corrected chi connectivity index (χ2v) is 35.3. The van der Waals surface area contributed by atoms with Crippen molar-refractivity contribution in [1.82, 2.24) is 74.4 Å². The number of urea groups is 4. The Hall–Kier alpha value is -16.1. The van der Waals surface area contributed by atoms with Crippen LogP contribution in [0.15, 0.2) is 206 Å². The van der Waals surface area contributed by atoms with E-state index in [1.165, 1.54) is 49.9 Å². The van der Waals surface area contributed by atoms with Crippen LogP contribution in [0.25, 0.3) is 56.2 Å². The number of aromatic nitrogens is 15. The Morgan fingerprint density at radius 1 is 0.436 bits per heavy atom. The van der Waals surface area contributed by atoms with E-state index in [9.17, 15) is 63.8 Å². The number of carbonyl (C=O) groups is 4. The Morgan fingerprint density at radius 2 is 0.879 bits per heavy atom. The second-order valence-electron chi connectivity index (χ2n) is 35.3. The lowest BCUT2D eigenvalue weighted by molar-refractivity contribution is -0.149. The summed E-state index contributed by atoms with van der Waals surface area (Å²) in [6, 6.07) is 39.0. The number of halogens is 9. The van der Waals surface area contributed by atoms with E-state index in [4.69, 9.17) is 19.4 Å². The van der Waals surface area contributed by atoms with Crippen LogP contribution in [0, 0.1) is 13.8 Å². The number of fused-ring (bicyclic) bond motifs is 16. The number of rotatable bonds is 14. The van der Waals surface area contributed by atoms with Crippen molar-refractivity contribution in [3.8, 4) is 62.2 Å². The molecule has 0 aliphatic carbocycles. The molecule has 13 aromatic rings. The van der Waals surface area contributed by atoms with E-state index in [0.29, 0.717) is 77.9 Å². The van der Waals surface area contributed by atoms with Crippen molar-refractivity contribution in [3.63, 3.8) is 0 Å². The number of alkyl halides is 9. The summed E-state index contributed by atoms with van der Waals surface area (Å²) < 4.78 is 133. The molecule has 8 bridgehead atoms. The van der Waals surface area contributed by atoms with Gasteiger partial charge in [0.25, 0.3) is 0 Å². The van der Waals surface area contributed by atoms with Gasteiger partial charge in [0.1, 0.15) is 35.6 Å². The Balaban J connectivity index is 0.000000119. The molecule has 5 atom stereocenters. The van der Waals surface area contributed by atoms with Gasteiger partial charge in [0.15, 0.2) is 35.0 Å². The Morgan fingerprint density at radius 3 is 1.33 bits per heavy atom. The molecule has 8 amide bonds. The summed E-state index contributed by atoms with van der Waals surface area (Å²) in [6.45, 7) is 12.8. The van der Waals surface area contributed by atoms with Crippen molar-refractivity contribution < 1.29 is 73.3 Å². The smallest absolute Gasteiger partial charge is 0.435 e. The molecule has 5 N–H and O–H groups in total. The molecular formula is C96H91F9N28O7. The van der Waals surface area contributed by atoms with Crippen LogP contribution in [0.2, 0.25) is 0 Å². The number of benzene rings is 1. The molecule has 22 rings (SSSR count). The summed E-state index contributed by atoms with van der Waals surface area (Å²) in [5.41, 5.74) is 8.52. The molecule has 0 unspecified atom stereocenters. The number of nitrogens with zero attached hydrogens (tertiary/aromatic N) is 24. The second kappa shape index (κ2) is 37.8. The quantitative estimate of drug-likeness (QED) is 0.0631. The first-order valence-corrected chi connectivity index (χ1v) is 45.0. The standard InChI is InChI=1S/C26H23F3N8O.C26H27F3N6O3.C25H24N8O.C19H17F3N6O2/c1-15-11-17(6-8-30-15)20-3-4-21-24(32-20)37(18-7-10-36(21)13-18)25(38)33-22-12-16(5-9-31-22)19-14-35(2)34-23(19)26(27,28)29;1-25(2,37)10-13-38-23-30-11-8-21(32-23)33-24(36)35-18-9-12-34(15-18)20-7-6-19(31-22(20)35)16-4-3-5-17(14-16)26(27,28)29;1-16-13-17(5-9-26-16)20-3-4-22-24(28-20)33(19-7-12-32(22)15-19)25(34)29-23-14-18(6-10-27-23)21-8-11-31(2)30-21;20-19(21,22)14-10-30-17(25-14)12-4-5-13-16(24-12)28(11-6-8-27(13)9-11)18(29)26-15-3-1-2-7-23-15/h3-6,8-9,11-12,14,18H,7,10,13H2,1-2H3,(H,31,33,38);3-8,11,14,18,37H,9-10,12-13,15H2,1-2H3,(H,30,32,33,36);3-6,8-11,13-14,19H,7,12,15H2,1-2H3,(H,27,29,34);1-5,7,11,14H,6,8-10H2,(H,23,26,29)/t2*18-;19-;11-,14+/m0000/s1. The van der Waals surface area contributed by atoms with Crippen LogP contribution in [0.4, 0.5) is 128 Å². The summed E-state index contributed by atoms with van der Waals surface area (Å²) >= 11 is 0. The Kier molecular flexibility index (Phi) is 25.1. The van der Waals surface area contributed by atoms with Gasteiger partial charge in [-0.3, -0.25) is 60.2 Å². The third-order valence-corrected chi connectivity index (χ3v) is 24.9. The molecule has 9 aliphatic rings. The van der Waals surface area contributed by atoms with Crippen LogP contribution >= 0.6 is 0 Å². The van der Waals surface area contributed by atoms with Gasteiger partial charge < -0.3 is 34.2 Å². The molecule has 140 heavy (non-hydrogen) atoms. The molecule has 1 aromatic carbocycles. The van der Waals surface area contributed by atoms with Gasteiger partial charge in [-0.2, -0.15) is 54.7 Å². The van der Waals surface area contributed by atoms with Crippen molar-refractivity contribution in [1.29, 1.82) is 0 Å². The summed E-state index contributed by atoms with van der Waals surface area (Å²) in [5, 5.41) is 29.2. The number of pyridine rings is 9. The normalized spacial score (nSPS) is 17.9. The highest BCUT2D eigenvalue weighted by Crippen LogP contribution is 2.47. The van der Waals surface area contributed by atoms with Crippen molar-refractivity contribution in [2.45, 2.75) is 114 Å². The van der Waals surface area contributed by atoms with E-state index in [0.717, 1.165) is 137 Å². The predicted octanol–water partition coefficient (Wildman–Crippen LogP) is 16.3. The third-order valence-electron chi connectivity index (χ3n) is 24.9. The van der Waals surface area contributed by atoms with Crippen LogP contribution in [0.1, 0.15) is 74.3 Å². The number of ether oxygens (including phenoxy) is 2. The molecule has 4 saturated heterocycles. The predicted molar refractivity (Wildman–Crippen MR) is 505 cm³/mol. The van der Waals surface area contributed by atoms with Crippen LogP contribution < -0.4 is 65.2 Å². The zero-order valence-electron chi connectivity index (χ0n) is 76.1.